The average Bonchev–Trinajstić information content (AvgIpc) is 2.81. The van der Waals surface area contributed by atoms with Crippen LogP contribution in [0.5, 0.6) is 0 Å². The molecule has 0 unspecified atom stereocenters. The van der Waals surface area contributed by atoms with Crippen LogP contribution < -0.4 is 5.32 Å². The molecule has 0 aliphatic rings. The van der Waals surface area contributed by atoms with Crippen LogP contribution in [0, 0.1) is 28.4 Å². The summed E-state index contributed by atoms with van der Waals surface area (Å²) in [4.78, 5) is 10.4. The Balaban J connectivity index is 2.22. The van der Waals surface area contributed by atoms with E-state index in [4.69, 9.17) is 9.78 Å². The smallest absolute Gasteiger partial charge is 0.292 e. The quantitative estimate of drug-likeness (QED) is 0.666. The van der Waals surface area contributed by atoms with Crippen molar-refractivity contribution in [3.05, 3.63) is 51.4 Å². The first kappa shape index (κ1) is 12.6. The summed E-state index contributed by atoms with van der Waals surface area (Å²) in [6.45, 7) is 2.04. The second-order valence-corrected chi connectivity index (χ2v) is 3.88. The minimum Gasteiger partial charge on any atom is -0.374 e. The van der Waals surface area contributed by atoms with Gasteiger partial charge in [0.05, 0.1) is 23.1 Å². The van der Waals surface area contributed by atoms with Crippen LogP contribution in [0.15, 0.2) is 28.8 Å². The van der Waals surface area contributed by atoms with E-state index < -0.39 is 4.92 Å². The standard InChI is InChI=1S/C12H10N4O3/c1-8-4-10(15-19-8)7-14-11-5-9(6-13)2-3-12(11)16(17)18/h2-5,14H,7H2,1H3. The number of anilines is 1. The van der Waals surface area contributed by atoms with Crippen LogP contribution in [-0.4, -0.2) is 10.1 Å². The van der Waals surface area contributed by atoms with Crippen LogP contribution in [-0.2, 0) is 6.54 Å². The number of nitro groups is 1. The molecule has 7 nitrogen and oxygen atoms in total. The second kappa shape index (κ2) is 5.18. The summed E-state index contributed by atoms with van der Waals surface area (Å²) in [5.41, 5.74) is 1.18. The number of hydrogen-bond donors (Lipinski definition) is 1. The number of nitro benzene ring substituents is 1. The van der Waals surface area contributed by atoms with Gasteiger partial charge in [0.1, 0.15) is 17.1 Å². The van der Waals surface area contributed by atoms with Crippen LogP contribution >= 0.6 is 0 Å². The highest BCUT2D eigenvalue weighted by atomic mass is 16.6. The maximum Gasteiger partial charge on any atom is 0.292 e. The molecule has 1 aromatic heterocycles. The molecule has 19 heavy (non-hydrogen) atoms. The molecule has 0 bridgehead atoms. The lowest BCUT2D eigenvalue weighted by Crippen LogP contribution is -2.03. The molecule has 0 aliphatic carbocycles. The number of benzene rings is 1. The fraction of sp³-hybridized carbons (Fsp3) is 0.167. The summed E-state index contributed by atoms with van der Waals surface area (Å²) in [5, 5.41) is 26.3. The van der Waals surface area contributed by atoms with Gasteiger partial charge in [-0.05, 0) is 19.1 Å². The maximum absolute atomic E-state index is 10.9. The van der Waals surface area contributed by atoms with Gasteiger partial charge in [-0.25, -0.2) is 0 Å². The van der Waals surface area contributed by atoms with Crippen LogP contribution in [0.25, 0.3) is 0 Å². The molecule has 0 aliphatic heterocycles. The van der Waals surface area contributed by atoms with Crippen molar-refractivity contribution in [2.24, 2.45) is 0 Å². The van der Waals surface area contributed by atoms with Crippen molar-refractivity contribution in [1.82, 2.24) is 5.16 Å². The van der Waals surface area contributed by atoms with Gasteiger partial charge in [-0.2, -0.15) is 5.26 Å². The van der Waals surface area contributed by atoms with Gasteiger partial charge < -0.3 is 9.84 Å². The van der Waals surface area contributed by atoms with E-state index in [0.29, 0.717) is 17.0 Å². The van der Waals surface area contributed by atoms with Crippen molar-refractivity contribution < 1.29 is 9.45 Å². The Morgan fingerprint density at radius 2 is 2.32 bits per heavy atom. The first-order valence-electron chi connectivity index (χ1n) is 5.45. The average molecular weight is 258 g/mol. The first-order chi connectivity index (χ1) is 9.10. The van der Waals surface area contributed by atoms with E-state index in [9.17, 15) is 10.1 Å². The molecular weight excluding hydrogens is 248 g/mol. The van der Waals surface area contributed by atoms with Crippen molar-refractivity contribution >= 4 is 11.4 Å². The number of aromatic nitrogens is 1. The third-order valence-electron chi connectivity index (χ3n) is 2.46. The lowest BCUT2D eigenvalue weighted by atomic mass is 10.2. The van der Waals surface area contributed by atoms with Crippen LogP contribution in [0.1, 0.15) is 17.0 Å². The monoisotopic (exact) mass is 258 g/mol. The van der Waals surface area contributed by atoms with E-state index in [1.807, 2.05) is 6.07 Å². The summed E-state index contributed by atoms with van der Waals surface area (Å²) in [6.07, 6.45) is 0. The van der Waals surface area contributed by atoms with Crippen LogP contribution in [0.3, 0.4) is 0 Å². The number of nitrogens with one attached hydrogen (secondary N) is 1. The van der Waals surface area contributed by atoms with Gasteiger partial charge in [-0.3, -0.25) is 10.1 Å². The molecule has 2 rings (SSSR count). The van der Waals surface area contributed by atoms with Crippen molar-refractivity contribution in [2.45, 2.75) is 13.5 Å². The highest BCUT2D eigenvalue weighted by molar-refractivity contribution is 5.64. The zero-order valence-electron chi connectivity index (χ0n) is 10.1. The molecule has 1 heterocycles. The molecule has 0 saturated carbocycles. The fourth-order valence-corrected chi connectivity index (χ4v) is 1.59. The molecule has 0 radical (unpaired) electrons. The number of nitrogens with zero attached hydrogens (tertiary/aromatic N) is 3. The third kappa shape index (κ3) is 2.87. The molecule has 0 fully saturated rings. The zero-order chi connectivity index (χ0) is 13.8. The zero-order valence-corrected chi connectivity index (χ0v) is 10.1. The molecular formula is C12H10N4O3. The summed E-state index contributed by atoms with van der Waals surface area (Å²) in [6, 6.07) is 7.81. The van der Waals surface area contributed by atoms with Gasteiger partial charge in [-0.1, -0.05) is 5.16 Å². The van der Waals surface area contributed by atoms with E-state index in [2.05, 4.69) is 10.5 Å². The molecule has 96 valence electrons. The number of nitriles is 1. The molecule has 1 N–H and O–H groups in total. The van der Waals surface area contributed by atoms with Crippen molar-refractivity contribution in [2.75, 3.05) is 5.32 Å². The van der Waals surface area contributed by atoms with Gasteiger partial charge >= 0.3 is 0 Å². The number of aryl methyl sites for hydroxylation is 1. The first-order valence-corrected chi connectivity index (χ1v) is 5.45. The second-order valence-electron chi connectivity index (χ2n) is 3.88. The van der Waals surface area contributed by atoms with Crippen molar-refractivity contribution in [1.29, 1.82) is 5.26 Å². The SMILES string of the molecule is Cc1cc(CNc2cc(C#N)ccc2[N+](=O)[O-])no1. The molecule has 2 aromatic rings. The van der Waals surface area contributed by atoms with E-state index in [0.717, 1.165) is 0 Å². The number of rotatable bonds is 4. The Hall–Kier alpha value is -2.88. The minimum atomic E-state index is -0.502. The van der Waals surface area contributed by atoms with E-state index >= 15 is 0 Å². The summed E-state index contributed by atoms with van der Waals surface area (Å²) in [7, 11) is 0. The van der Waals surface area contributed by atoms with Gasteiger partial charge in [0.2, 0.25) is 0 Å². The third-order valence-corrected chi connectivity index (χ3v) is 2.46. The fourth-order valence-electron chi connectivity index (χ4n) is 1.59. The van der Waals surface area contributed by atoms with Crippen molar-refractivity contribution in [3.63, 3.8) is 0 Å². The molecule has 0 amide bonds. The van der Waals surface area contributed by atoms with Crippen LogP contribution in [0.2, 0.25) is 0 Å². The molecule has 0 atom stereocenters. The number of hydrogen-bond acceptors (Lipinski definition) is 6. The van der Waals surface area contributed by atoms with Gasteiger partial charge in [-0.15, -0.1) is 0 Å². The molecule has 0 spiro atoms. The maximum atomic E-state index is 10.9. The Kier molecular flexibility index (Phi) is 3.43. The molecule has 7 heteroatoms. The Bertz CT molecular complexity index is 657. The Morgan fingerprint density at radius 3 is 2.89 bits per heavy atom. The van der Waals surface area contributed by atoms with E-state index in [-0.39, 0.29) is 17.9 Å². The topological polar surface area (TPSA) is 105 Å². The largest absolute Gasteiger partial charge is 0.374 e. The minimum absolute atomic E-state index is 0.0841. The lowest BCUT2D eigenvalue weighted by Gasteiger charge is -2.05. The predicted octanol–water partition coefficient (Wildman–Crippen LogP) is 2.38. The lowest BCUT2D eigenvalue weighted by molar-refractivity contribution is -0.384. The van der Waals surface area contributed by atoms with Gasteiger partial charge in [0.25, 0.3) is 5.69 Å². The molecule has 1 aromatic carbocycles. The predicted molar refractivity (Wildman–Crippen MR) is 66.4 cm³/mol. The Labute approximate surface area is 108 Å². The van der Waals surface area contributed by atoms with E-state index in [1.165, 1.54) is 18.2 Å². The molecule has 0 saturated heterocycles. The van der Waals surface area contributed by atoms with E-state index in [1.54, 1.807) is 13.0 Å². The highest BCUT2D eigenvalue weighted by Crippen LogP contribution is 2.25. The summed E-state index contributed by atoms with van der Waals surface area (Å²) < 4.78 is 4.90. The van der Waals surface area contributed by atoms with Gasteiger partial charge in [0, 0.05) is 12.1 Å². The summed E-state index contributed by atoms with van der Waals surface area (Å²) >= 11 is 0. The van der Waals surface area contributed by atoms with Crippen LogP contribution in [0.4, 0.5) is 11.4 Å². The summed E-state index contributed by atoms with van der Waals surface area (Å²) in [5.74, 6) is 0.664. The van der Waals surface area contributed by atoms with Crippen molar-refractivity contribution in [3.8, 4) is 6.07 Å². The normalized spacial score (nSPS) is 9.89. The van der Waals surface area contributed by atoms with Gasteiger partial charge in [0.15, 0.2) is 0 Å². The highest BCUT2D eigenvalue weighted by Gasteiger charge is 2.14. The Morgan fingerprint density at radius 1 is 1.53 bits per heavy atom.